The number of rotatable bonds is 0. The zero-order valence-corrected chi connectivity index (χ0v) is 6.56. The molecule has 0 fully saturated rings. The van der Waals surface area contributed by atoms with Crippen molar-refractivity contribution in [2.45, 2.75) is 6.92 Å². The van der Waals surface area contributed by atoms with E-state index in [1.165, 1.54) is 5.56 Å². The van der Waals surface area contributed by atoms with Gasteiger partial charge in [-0.2, -0.15) is 0 Å². The predicted octanol–water partition coefficient (Wildman–Crippen LogP) is 2.46. The Morgan fingerprint density at radius 2 is 2.00 bits per heavy atom. The van der Waals surface area contributed by atoms with Crippen molar-refractivity contribution < 1.29 is 4.79 Å². The average Bonchev–Trinajstić information content (AvgIpc) is 1.91. The molecule has 0 saturated heterocycles. The Bertz CT molecular complexity index is 181. The minimum Gasteiger partial charge on any atom is -0.307 e. The summed E-state index contributed by atoms with van der Waals surface area (Å²) in [6.45, 7) is 4.02. The highest BCUT2D eigenvalue weighted by atomic mass is 35.5. The minimum atomic E-state index is 0.810. The first kappa shape index (κ1) is 9.18. The Morgan fingerprint density at radius 1 is 1.40 bits per heavy atom. The lowest BCUT2D eigenvalue weighted by Crippen LogP contribution is -1.66. The zero-order chi connectivity index (χ0) is 7.98. The molecule has 0 heterocycles. The van der Waals surface area contributed by atoms with Gasteiger partial charge in [0.15, 0.2) is 0 Å². The van der Waals surface area contributed by atoms with E-state index >= 15 is 0 Å². The van der Waals surface area contributed by atoms with Crippen LogP contribution in [-0.2, 0) is 4.79 Å². The molecule has 0 aliphatic rings. The van der Waals surface area contributed by atoms with Crippen LogP contribution < -0.4 is 0 Å². The van der Waals surface area contributed by atoms with Crippen molar-refractivity contribution in [3.05, 3.63) is 34.9 Å². The van der Waals surface area contributed by atoms with Gasteiger partial charge >= 0.3 is 0 Å². The first-order valence-electron chi connectivity index (χ1n) is 2.80. The lowest BCUT2D eigenvalue weighted by molar-refractivity contribution is -0.0979. The van der Waals surface area contributed by atoms with Gasteiger partial charge in [-0.05, 0) is 24.6 Å². The maximum atomic E-state index is 8.00. The molecule has 54 valence electrons. The molecule has 1 aromatic carbocycles. The monoisotopic (exact) mass is 156 g/mol. The molecule has 0 amide bonds. The summed E-state index contributed by atoms with van der Waals surface area (Å²) >= 11 is 5.64. The maximum Gasteiger partial charge on any atom is 0.106 e. The summed E-state index contributed by atoms with van der Waals surface area (Å²) in [5.74, 6) is 0. The molecular weight excluding hydrogens is 148 g/mol. The predicted molar refractivity (Wildman–Crippen MR) is 43.3 cm³/mol. The first-order valence-corrected chi connectivity index (χ1v) is 3.18. The lowest BCUT2D eigenvalue weighted by Gasteiger charge is -1.88. The molecule has 0 aromatic heterocycles. The Hall–Kier alpha value is -0.820. The van der Waals surface area contributed by atoms with Crippen LogP contribution in [0.4, 0.5) is 0 Å². The highest BCUT2D eigenvalue weighted by molar-refractivity contribution is 6.30. The van der Waals surface area contributed by atoms with Crippen molar-refractivity contribution in [3.8, 4) is 0 Å². The number of aryl methyl sites for hydroxylation is 1. The SMILES string of the molecule is C=O.Cc1cccc(Cl)c1. The van der Waals surface area contributed by atoms with E-state index in [-0.39, 0.29) is 0 Å². The van der Waals surface area contributed by atoms with E-state index in [1.807, 2.05) is 38.0 Å². The van der Waals surface area contributed by atoms with Gasteiger partial charge in [0, 0.05) is 5.02 Å². The average molecular weight is 157 g/mol. The minimum absolute atomic E-state index is 0.810. The summed E-state index contributed by atoms with van der Waals surface area (Å²) in [4.78, 5) is 8.00. The number of hydrogen-bond donors (Lipinski definition) is 0. The lowest BCUT2D eigenvalue weighted by atomic mass is 10.2. The largest absolute Gasteiger partial charge is 0.307 e. The number of benzene rings is 1. The van der Waals surface area contributed by atoms with Crippen LogP contribution in [0.3, 0.4) is 0 Å². The fourth-order valence-electron chi connectivity index (χ4n) is 0.606. The highest BCUT2D eigenvalue weighted by Gasteiger charge is 1.82. The van der Waals surface area contributed by atoms with Gasteiger partial charge in [0.25, 0.3) is 0 Å². The molecular formula is C8H9ClO. The van der Waals surface area contributed by atoms with Crippen LogP contribution in [-0.4, -0.2) is 6.79 Å². The maximum absolute atomic E-state index is 8.00. The number of carbonyl (C=O) groups is 1. The molecule has 0 bridgehead atoms. The third kappa shape index (κ3) is 3.25. The van der Waals surface area contributed by atoms with Crippen LogP contribution in [0.5, 0.6) is 0 Å². The smallest absolute Gasteiger partial charge is 0.106 e. The van der Waals surface area contributed by atoms with Gasteiger partial charge in [0.2, 0.25) is 0 Å². The molecule has 0 N–H and O–H groups in total. The van der Waals surface area contributed by atoms with Gasteiger partial charge in [-0.15, -0.1) is 0 Å². The third-order valence-electron chi connectivity index (χ3n) is 0.980. The molecule has 0 aliphatic carbocycles. The van der Waals surface area contributed by atoms with E-state index in [0.29, 0.717) is 0 Å². The van der Waals surface area contributed by atoms with Crippen molar-refractivity contribution in [1.82, 2.24) is 0 Å². The van der Waals surface area contributed by atoms with E-state index in [2.05, 4.69) is 0 Å². The third-order valence-corrected chi connectivity index (χ3v) is 1.22. The fraction of sp³-hybridized carbons (Fsp3) is 0.125. The van der Waals surface area contributed by atoms with Gasteiger partial charge in [-0.1, -0.05) is 23.7 Å². The molecule has 1 aromatic rings. The molecule has 2 heteroatoms. The molecule has 0 aliphatic heterocycles. The summed E-state index contributed by atoms with van der Waals surface area (Å²) in [6, 6.07) is 7.76. The normalized spacial score (nSPS) is 7.80. The first-order chi connectivity index (χ1) is 4.79. The second-order valence-corrected chi connectivity index (χ2v) is 2.24. The van der Waals surface area contributed by atoms with Crippen molar-refractivity contribution in [2.75, 3.05) is 0 Å². The summed E-state index contributed by atoms with van der Waals surface area (Å²) in [7, 11) is 0. The summed E-state index contributed by atoms with van der Waals surface area (Å²) in [5, 5.41) is 0.810. The van der Waals surface area contributed by atoms with E-state index in [9.17, 15) is 0 Å². The van der Waals surface area contributed by atoms with Crippen LogP contribution in [0.2, 0.25) is 5.02 Å². The number of hydrogen-bond acceptors (Lipinski definition) is 1. The second kappa shape index (κ2) is 5.00. The van der Waals surface area contributed by atoms with E-state index in [4.69, 9.17) is 16.4 Å². The van der Waals surface area contributed by atoms with E-state index in [1.54, 1.807) is 0 Å². The molecule has 0 radical (unpaired) electrons. The summed E-state index contributed by atoms with van der Waals surface area (Å²) in [6.07, 6.45) is 0. The van der Waals surface area contributed by atoms with Crippen LogP contribution >= 0.6 is 11.6 Å². The summed E-state index contributed by atoms with van der Waals surface area (Å²) < 4.78 is 0. The highest BCUT2D eigenvalue weighted by Crippen LogP contribution is 2.08. The Morgan fingerprint density at radius 3 is 2.30 bits per heavy atom. The van der Waals surface area contributed by atoms with E-state index < -0.39 is 0 Å². The van der Waals surface area contributed by atoms with Crippen molar-refractivity contribution in [1.29, 1.82) is 0 Å². The Balaban J connectivity index is 0.000000371. The fourth-order valence-corrected chi connectivity index (χ4v) is 0.850. The second-order valence-electron chi connectivity index (χ2n) is 1.80. The number of carbonyl (C=O) groups excluding carboxylic acids is 1. The van der Waals surface area contributed by atoms with Crippen molar-refractivity contribution in [3.63, 3.8) is 0 Å². The molecule has 1 nitrogen and oxygen atoms in total. The number of halogens is 1. The van der Waals surface area contributed by atoms with Crippen LogP contribution in [0.15, 0.2) is 24.3 Å². The van der Waals surface area contributed by atoms with Gasteiger partial charge in [0.1, 0.15) is 6.79 Å². The zero-order valence-electron chi connectivity index (χ0n) is 5.80. The van der Waals surface area contributed by atoms with Gasteiger partial charge in [-0.25, -0.2) is 0 Å². The molecule has 0 spiro atoms. The van der Waals surface area contributed by atoms with Crippen LogP contribution in [0.25, 0.3) is 0 Å². The van der Waals surface area contributed by atoms with Crippen LogP contribution in [0, 0.1) is 6.92 Å². The summed E-state index contributed by atoms with van der Waals surface area (Å²) in [5.41, 5.74) is 1.21. The van der Waals surface area contributed by atoms with Gasteiger partial charge < -0.3 is 4.79 Å². The topological polar surface area (TPSA) is 17.1 Å². The molecule has 0 saturated carbocycles. The molecule has 0 atom stereocenters. The molecule has 0 unspecified atom stereocenters. The molecule has 10 heavy (non-hydrogen) atoms. The van der Waals surface area contributed by atoms with Gasteiger partial charge in [-0.3, -0.25) is 0 Å². The Kier molecular flexibility index (Phi) is 4.59. The van der Waals surface area contributed by atoms with Crippen molar-refractivity contribution in [2.24, 2.45) is 0 Å². The standard InChI is InChI=1S/C7H7Cl.CH2O/c1-6-3-2-4-7(8)5-6;1-2/h2-5H,1H3;1H2. The van der Waals surface area contributed by atoms with Gasteiger partial charge in [0.05, 0.1) is 0 Å². The van der Waals surface area contributed by atoms with E-state index in [0.717, 1.165) is 5.02 Å². The molecule has 1 rings (SSSR count). The van der Waals surface area contributed by atoms with Crippen molar-refractivity contribution >= 4 is 18.4 Å². The Labute approximate surface area is 65.6 Å². The quantitative estimate of drug-likeness (QED) is 0.564. The van der Waals surface area contributed by atoms with Crippen LogP contribution in [0.1, 0.15) is 5.56 Å².